The number of rotatable bonds is 5. The lowest BCUT2D eigenvalue weighted by molar-refractivity contribution is 0.581. The van der Waals surface area contributed by atoms with Gasteiger partial charge in [0.2, 0.25) is 10.0 Å². The molecule has 0 bridgehead atoms. The minimum atomic E-state index is -3.47. The summed E-state index contributed by atoms with van der Waals surface area (Å²) in [5, 5.41) is 0. The third-order valence-electron chi connectivity index (χ3n) is 3.65. The second-order valence-corrected chi connectivity index (χ2v) is 7.43. The lowest BCUT2D eigenvalue weighted by Gasteiger charge is -2.06. The van der Waals surface area contributed by atoms with Crippen LogP contribution >= 0.6 is 0 Å². The van der Waals surface area contributed by atoms with Crippen LogP contribution in [0.3, 0.4) is 0 Å². The van der Waals surface area contributed by atoms with Crippen molar-refractivity contribution in [3.8, 4) is 0 Å². The average molecular weight is 329 g/mol. The number of sulfonamides is 1. The lowest BCUT2D eigenvalue weighted by atomic mass is 10.2. The first-order chi connectivity index (χ1) is 10.9. The molecule has 23 heavy (non-hydrogen) atoms. The quantitative estimate of drug-likeness (QED) is 0.782. The highest BCUT2D eigenvalue weighted by Gasteiger charge is 2.13. The van der Waals surface area contributed by atoms with Crippen LogP contribution in [0.15, 0.2) is 53.7 Å². The topological polar surface area (TPSA) is 63.5 Å². The first-order valence-corrected chi connectivity index (χ1v) is 8.93. The standard InChI is InChI=1S/C17H19N3O2S/c1-13-3-6-16(7-4-13)23(21,22)18-10-9-15-12-20-11-14(2)5-8-17(20)19-15/h3-8,11-12,18H,9-10H2,1-2H3. The van der Waals surface area contributed by atoms with Gasteiger partial charge in [-0.15, -0.1) is 0 Å². The Morgan fingerprint density at radius 1 is 1.00 bits per heavy atom. The molecular formula is C17H19N3O2S. The molecule has 0 aliphatic heterocycles. The zero-order chi connectivity index (χ0) is 16.4. The minimum absolute atomic E-state index is 0.286. The average Bonchev–Trinajstić information content (AvgIpc) is 2.89. The molecule has 0 atom stereocenters. The van der Waals surface area contributed by atoms with E-state index in [1.807, 2.05) is 42.8 Å². The third kappa shape index (κ3) is 3.60. The zero-order valence-corrected chi connectivity index (χ0v) is 14.0. The maximum absolute atomic E-state index is 12.2. The Balaban J connectivity index is 1.66. The highest BCUT2D eigenvalue weighted by molar-refractivity contribution is 7.89. The van der Waals surface area contributed by atoms with Gasteiger partial charge in [0.1, 0.15) is 5.65 Å². The largest absolute Gasteiger partial charge is 0.307 e. The SMILES string of the molecule is Cc1ccc(S(=O)(=O)NCCc2cn3cc(C)ccc3n2)cc1. The molecule has 1 aromatic carbocycles. The summed E-state index contributed by atoms with van der Waals surface area (Å²) in [6.45, 7) is 4.27. The second-order valence-electron chi connectivity index (χ2n) is 5.66. The van der Waals surface area contributed by atoms with Crippen molar-refractivity contribution >= 4 is 15.7 Å². The molecule has 0 aliphatic rings. The van der Waals surface area contributed by atoms with E-state index in [1.54, 1.807) is 24.3 Å². The van der Waals surface area contributed by atoms with Gasteiger partial charge in [0.25, 0.3) is 0 Å². The molecule has 6 heteroatoms. The Kier molecular flexibility index (Phi) is 4.19. The molecule has 3 aromatic rings. The summed E-state index contributed by atoms with van der Waals surface area (Å²) in [5.74, 6) is 0. The normalized spacial score (nSPS) is 11.9. The van der Waals surface area contributed by atoms with Gasteiger partial charge in [0.05, 0.1) is 10.6 Å². The smallest absolute Gasteiger partial charge is 0.240 e. The van der Waals surface area contributed by atoms with Crippen LogP contribution in [0.5, 0.6) is 0 Å². The van der Waals surface area contributed by atoms with E-state index < -0.39 is 10.0 Å². The number of aromatic nitrogens is 2. The number of hydrogen-bond donors (Lipinski definition) is 1. The lowest BCUT2D eigenvalue weighted by Crippen LogP contribution is -2.26. The fourth-order valence-electron chi connectivity index (χ4n) is 2.39. The molecular weight excluding hydrogens is 310 g/mol. The summed E-state index contributed by atoms with van der Waals surface area (Å²) >= 11 is 0. The Morgan fingerprint density at radius 3 is 2.43 bits per heavy atom. The maximum Gasteiger partial charge on any atom is 0.240 e. The van der Waals surface area contributed by atoms with Crippen molar-refractivity contribution in [3.63, 3.8) is 0 Å². The number of aryl methyl sites for hydroxylation is 2. The van der Waals surface area contributed by atoms with Gasteiger partial charge in [-0.05, 0) is 37.6 Å². The van der Waals surface area contributed by atoms with E-state index in [0.29, 0.717) is 13.0 Å². The van der Waals surface area contributed by atoms with E-state index in [2.05, 4.69) is 9.71 Å². The summed E-state index contributed by atoms with van der Waals surface area (Å²) < 4.78 is 29.0. The van der Waals surface area contributed by atoms with Crippen LogP contribution in [0.2, 0.25) is 0 Å². The number of nitrogens with one attached hydrogen (secondary N) is 1. The Morgan fingerprint density at radius 2 is 1.70 bits per heavy atom. The molecule has 0 fully saturated rings. The minimum Gasteiger partial charge on any atom is -0.307 e. The molecule has 3 rings (SSSR count). The van der Waals surface area contributed by atoms with Crippen LogP contribution in [0.25, 0.3) is 5.65 Å². The highest BCUT2D eigenvalue weighted by atomic mass is 32.2. The molecule has 0 aliphatic carbocycles. The van der Waals surface area contributed by atoms with Crippen molar-refractivity contribution in [3.05, 3.63) is 65.6 Å². The molecule has 0 spiro atoms. The molecule has 2 heterocycles. The first kappa shape index (κ1) is 15.7. The molecule has 0 unspecified atom stereocenters. The van der Waals surface area contributed by atoms with Crippen LogP contribution in [0, 0.1) is 13.8 Å². The number of imidazole rings is 1. The predicted molar refractivity (Wildman–Crippen MR) is 90.0 cm³/mol. The van der Waals surface area contributed by atoms with Gasteiger partial charge in [-0.1, -0.05) is 23.8 Å². The molecule has 0 amide bonds. The van der Waals surface area contributed by atoms with Crippen molar-refractivity contribution in [2.75, 3.05) is 6.54 Å². The first-order valence-electron chi connectivity index (χ1n) is 7.45. The number of fused-ring (bicyclic) bond motifs is 1. The summed E-state index contributed by atoms with van der Waals surface area (Å²) in [6.07, 6.45) is 4.48. The van der Waals surface area contributed by atoms with Crippen LogP contribution in [-0.4, -0.2) is 24.3 Å². The number of hydrogen-bond acceptors (Lipinski definition) is 3. The summed E-state index contributed by atoms with van der Waals surface area (Å²) in [4.78, 5) is 4.77. The summed E-state index contributed by atoms with van der Waals surface area (Å²) in [5.41, 5.74) is 3.92. The van der Waals surface area contributed by atoms with E-state index in [4.69, 9.17) is 0 Å². The highest BCUT2D eigenvalue weighted by Crippen LogP contribution is 2.11. The molecule has 120 valence electrons. The van der Waals surface area contributed by atoms with Crippen molar-refractivity contribution in [2.24, 2.45) is 0 Å². The fourth-order valence-corrected chi connectivity index (χ4v) is 3.42. The Bertz CT molecular complexity index is 928. The van der Waals surface area contributed by atoms with Crippen molar-refractivity contribution in [2.45, 2.75) is 25.2 Å². The van der Waals surface area contributed by atoms with Gasteiger partial charge >= 0.3 is 0 Å². The van der Waals surface area contributed by atoms with E-state index >= 15 is 0 Å². The zero-order valence-electron chi connectivity index (χ0n) is 13.2. The molecule has 1 N–H and O–H groups in total. The van der Waals surface area contributed by atoms with Crippen LogP contribution in [-0.2, 0) is 16.4 Å². The second kappa shape index (κ2) is 6.14. The number of benzene rings is 1. The molecule has 2 aromatic heterocycles. The summed E-state index contributed by atoms with van der Waals surface area (Å²) in [7, 11) is -3.47. The van der Waals surface area contributed by atoms with E-state index in [9.17, 15) is 8.42 Å². The molecule has 5 nitrogen and oxygen atoms in total. The van der Waals surface area contributed by atoms with Crippen molar-refractivity contribution in [1.29, 1.82) is 0 Å². The molecule has 0 saturated heterocycles. The van der Waals surface area contributed by atoms with E-state index in [-0.39, 0.29) is 4.90 Å². The van der Waals surface area contributed by atoms with E-state index in [1.165, 1.54) is 0 Å². The third-order valence-corrected chi connectivity index (χ3v) is 5.13. The van der Waals surface area contributed by atoms with Crippen molar-refractivity contribution in [1.82, 2.24) is 14.1 Å². The van der Waals surface area contributed by atoms with Gasteiger partial charge in [0, 0.05) is 25.4 Å². The molecule has 0 saturated carbocycles. The summed E-state index contributed by atoms with van der Waals surface area (Å²) in [6, 6.07) is 10.8. The van der Waals surface area contributed by atoms with Crippen LogP contribution in [0.4, 0.5) is 0 Å². The van der Waals surface area contributed by atoms with Crippen LogP contribution < -0.4 is 4.72 Å². The van der Waals surface area contributed by atoms with Gasteiger partial charge in [-0.3, -0.25) is 0 Å². The molecule has 0 radical (unpaired) electrons. The maximum atomic E-state index is 12.2. The van der Waals surface area contributed by atoms with Crippen molar-refractivity contribution < 1.29 is 8.42 Å². The van der Waals surface area contributed by atoms with Gasteiger partial charge < -0.3 is 4.40 Å². The fraction of sp³-hybridized carbons (Fsp3) is 0.235. The van der Waals surface area contributed by atoms with Crippen LogP contribution in [0.1, 0.15) is 16.8 Å². The number of pyridine rings is 1. The monoisotopic (exact) mass is 329 g/mol. The van der Waals surface area contributed by atoms with Gasteiger partial charge in [-0.25, -0.2) is 18.1 Å². The van der Waals surface area contributed by atoms with Gasteiger partial charge in [-0.2, -0.15) is 0 Å². The van der Waals surface area contributed by atoms with Gasteiger partial charge in [0.15, 0.2) is 0 Å². The van der Waals surface area contributed by atoms with E-state index in [0.717, 1.165) is 22.5 Å². The Hall–Kier alpha value is -2.18. The number of nitrogens with zero attached hydrogens (tertiary/aromatic N) is 2. The Labute approximate surface area is 136 Å². The predicted octanol–water partition coefficient (Wildman–Crippen LogP) is 2.47.